The van der Waals surface area contributed by atoms with Gasteiger partial charge in [-0.3, -0.25) is 0 Å². The van der Waals surface area contributed by atoms with Gasteiger partial charge in [-0.05, 0) is 79.1 Å². The first-order valence-electron chi connectivity index (χ1n) is 15.4. The predicted molar refractivity (Wildman–Crippen MR) is 186 cm³/mol. The molecule has 0 saturated carbocycles. The third-order valence-electron chi connectivity index (χ3n) is 9.08. The second kappa shape index (κ2) is 10.6. The number of halogens is 3. The monoisotopic (exact) mass is 630 g/mol. The lowest BCUT2D eigenvalue weighted by Crippen LogP contribution is -2.08. The van der Waals surface area contributed by atoms with Crippen molar-refractivity contribution in [2.75, 3.05) is 0 Å². The minimum Gasteiger partial charge on any atom is -0.308 e. The van der Waals surface area contributed by atoms with E-state index in [0.717, 1.165) is 66.9 Å². The highest BCUT2D eigenvalue weighted by Gasteiger charge is 2.32. The maximum Gasteiger partial charge on any atom is 0.415 e. The fourth-order valence-electron chi connectivity index (χ4n) is 7.00. The van der Waals surface area contributed by atoms with Crippen LogP contribution in [0.3, 0.4) is 0 Å². The van der Waals surface area contributed by atoms with Gasteiger partial charge in [0.05, 0.1) is 40.0 Å². The Balaban J connectivity index is 1.58. The lowest BCUT2D eigenvalue weighted by molar-refractivity contribution is -0.137. The van der Waals surface area contributed by atoms with Crippen LogP contribution in [0.2, 0.25) is 0 Å². The molecule has 0 spiro atoms. The van der Waals surface area contributed by atoms with Crippen LogP contribution in [-0.4, -0.2) is 9.13 Å². The third-order valence-corrected chi connectivity index (χ3v) is 9.08. The zero-order chi connectivity index (χ0) is 33.3. The van der Waals surface area contributed by atoms with Crippen molar-refractivity contribution in [1.82, 2.24) is 9.13 Å². The van der Waals surface area contributed by atoms with Crippen molar-refractivity contribution in [3.05, 3.63) is 149 Å². The Kier molecular flexibility index (Phi) is 6.44. The summed E-state index contributed by atoms with van der Waals surface area (Å²) in [6, 6.07) is 37.6. The molecule has 0 atom stereocenters. The molecule has 0 unspecified atom stereocenters. The van der Waals surface area contributed by atoms with Crippen molar-refractivity contribution in [2.24, 2.45) is 0 Å². The van der Waals surface area contributed by atoms with Crippen LogP contribution in [0.15, 0.2) is 115 Å². The molecule has 0 fully saturated rings. The van der Waals surface area contributed by atoms with E-state index in [1.54, 1.807) is 6.07 Å². The summed E-state index contributed by atoms with van der Waals surface area (Å²) in [6.07, 6.45) is -4.67. The summed E-state index contributed by atoms with van der Waals surface area (Å²) >= 11 is 0. The summed E-state index contributed by atoms with van der Waals surface area (Å²) < 4.78 is 46.6. The number of nitrogens with zero attached hydrogens (tertiary/aromatic N) is 4. The fourth-order valence-corrected chi connectivity index (χ4v) is 7.00. The number of fused-ring (bicyclic) bond motifs is 6. The average molecular weight is 631 g/mol. The summed E-state index contributed by atoms with van der Waals surface area (Å²) in [7, 11) is 0. The molecular weight excluding hydrogens is 605 g/mol. The zero-order valence-corrected chi connectivity index (χ0v) is 25.9. The molecule has 4 nitrogen and oxygen atoms in total. The number of hydrogen-bond acceptors (Lipinski definition) is 1. The van der Waals surface area contributed by atoms with Gasteiger partial charge in [0.25, 0.3) is 0 Å². The van der Waals surface area contributed by atoms with Gasteiger partial charge in [-0.15, -0.1) is 0 Å². The molecule has 0 N–H and O–H groups in total. The molecule has 230 valence electrons. The number of rotatable bonds is 3. The number of nitriles is 1. The smallest absolute Gasteiger partial charge is 0.308 e. The highest BCUT2D eigenvalue weighted by atomic mass is 19.4. The number of aromatic nitrogens is 2. The van der Waals surface area contributed by atoms with Gasteiger partial charge in [-0.25, -0.2) is 4.85 Å². The van der Waals surface area contributed by atoms with Gasteiger partial charge in [0.1, 0.15) is 11.6 Å². The van der Waals surface area contributed by atoms with Crippen LogP contribution in [0.5, 0.6) is 0 Å². The van der Waals surface area contributed by atoms with Gasteiger partial charge in [0, 0.05) is 32.7 Å². The molecule has 0 bridgehead atoms. The van der Waals surface area contributed by atoms with Crippen molar-refractivity contribution in [1.29, 1.82) is 5.26 Å². The number of hydrogen-bond donors (Lipinski definition) is 0. The van der Waals surface area contributed by atoms with Crippen molar-refractivity contribution >= 4 is 49.3 Å². The van der Waals surface area contributed by atoms with Crippen molar-refractivity contribution < 1.29 is 13.2 Å². The Hall–Kier alpha value is -6.31. The van der Waals surface area contributed by atoms with E-state index >= 15 is 0 Å². The van der Waals surface area contributed by atoms with Crippen LogP contribution in [-0.2, 0) is 6.18 Å². The van der Waals surface area contributed by atoms with Gasteiger partial charge in [0.15, 0.2) is 5.69 Å². The third kappa shape index (κ3) is 4.36. The lowest BCUT2D eigenvalue weighted by Gasteiger charge is -2.21. The standard InChI is InChI=1S/C41H25F3N4/c1-24-12-14-32-30-8-4-6-10-35(30)47(38(32)18-24)37-17-16-29(26-20-27(41(42,43)44)22-28(21-26)46-3)40(34(37)23-45)48-36-11-7-5-9-31(36)33-15-13-25(2)19-39(33)48/h4-22H,1-2H3. The molecule has 0 aliphatic rings. The molecule has 0 saturated heterocycles. The topological polar surface area (TPSA) is 38.0 Å². The SMILES string of the molecule is [C-]#[N+]c1cc(-c2ccc(-n3c4ccccc4c4ccc(C)cc43)c(C#N)c2-n2c3ccccc3c3ccc(C)cc32)cc(C(F)(F)F)c1. The summed E-state index contributed by atoms with van der Waals surface area (Å²) in [6.45, 7) is 11.6. The Bertz CT molecular complexity index is 2710. The Morgan fingerprint density at radius 1 is 0.646 bits per heavy atom. The Labute approximate surface area is 273 Å². The van der Waals surface area contributed by atoms with E-state index in [1.807, 2.05) is 85.1 Å². The molecule has 0 amide bonds. The normalized spacial score (nSPS) is 11.8. The van der Waals surface area contributed by atoms with Crippen LogP contribution in [0.1, 0.15) is 22.3 Å². The minimum absolute atomic E-state index is 0.135. The largest absolute Gasteiger partial charge is 0.415 e. The molecule has 8 aromatic rings. The van der Waals surface area contributed by atoms with E-state index in [2.05, 4.69) is 39.7 Å². The second-order valence-electron chi connectivity index (χ2n) is 12.1. The Morgan fingerprint density at radius 3 is 1.79 bits per heavy atom. The highest BCUT2D eigenvalue weighted by molar-refractivity contribution is 6.12. The van der Waals surface area contributed by atoms with Gasteiger partial charge in [0.2, 0.25) is 0 Å². The molecule has 0 radical (unpaired) electrons. The minimum atomic E-state index is -4.67. The molecule has 0 aliphatic heterocycles. The second-order valence-corrected chi connectivity index (χ2v) is 12.1. The first kappa shape index (κ1) is 29.1. The summed E-state index contributed by atoms with van der Waals surface area (Å²) in [5.41, 5.74) is 6.39. The molecule has 0 aliphatic carbocycles. The van der Waals surface area contributed by atoms with Crippen LogP contribution in [0, 0.1) is 31.8 Å². The van der Waals surface area contributed by atoms with Crippen molar-refractivity contribution in [2.45, 2.75) is 20.0 Å². The molecule has 8 rings (SSSR count). The van der Waals surface area contributed by atoms with Crippen LogP contribution in [0.25, 0.3) is 71.0 Å². The quantitative estimate of drug-likeness (QED) is 0.179. The highest BCUT2D eigenvalue weighted by Crippen LogP contribution is 2.44. The number of para-hydroxylation sites is 2. The van der Waals surface area contributed by atoms with Gasteiger partial charge >= 0.3 is 6.18 Å². The van der Waals surface area contributed by atoms with Crippen molar-refractivity contribution in [3.8, 4) is 28.6 Å². The average Bonchev–Trinajstić information content (AvgIpc) is 3.58. The van der Waals surface area contributed by atoms with Gasteiger partial charge in [-0.2, -0.15) is 18.4 Å². The fraction of sp³-hybridized carbons (Fsp3) is 0.0732. The molecule has 7 heteroatoms. The van der Waals surface area contributed by atoms with E-state index < -0.39 is 11.7 Å². The maximum atomic E-state index is 14.2. The molecule has 6 aromatic carbocycles. The summed E-state index contributed by atoms with van der Waals surface area (Å²) in [5, 5.41) is 15.1. The van der Waals surface area contributed by atoms with E-state index in [4.69, 9.17) is 6.57 Å². The van der Waals surface area contributed by atoms with Crippen molar-refractivity contribution in [3.63, 3.8) is 0 Å². The van der Waals surface area contributed by atoms with Crippen LogP contribution in [0.4, 0.5) is 18.9 Å². The van der Waals surface area contributed by atoms with Crippen LogP contribution < -0.4 is 0 Å². The summed E-state index contributed by atoms with van der Waals surface area (Å²) in [5.74, 6) is 0. The van der Waals surface area contributed by atoms with Gasteiger partial charge in [-0.1, -0.05) is 66.7 Å². The van der Waals surface area contributed by atoms with E-state index in [-0.39, 0.29) is 11.3 Å². The molecular formula is C41H25F3N4. The molecule has 48 heavy (non-hydrogen) atoms. The molecule has 2 aromatic heterocycles. The van der Waals surface area contributed by atoms with E-state index in [1.165, 1.54) is 6.07 Å². The predicted octanol–water partition coefficient (Wildman–Crippen LogP) is 11.6. The van der Waals surface area contributed by atoms with Crippen LogP contribution >= 0.6 is 0 Å². The van der Waals surface area contributed by atoms with Gasteiger partial charge < -0.3 is 9.13 Å². The lowest BCUT2D eigenvalue weighted by atomic mass is 9.96. The molecule has 2 heterocycles. The maximum absolute atomic E-state index is 14.2. The van der Waals surface area contributed by atoms with E-state index in [9.17, 15) is 18.4 Å². The first-order chi connectivity index (χ1) is 23.2. The number of aryl methyl sites for hydroxylation is 2. The summed E-state index contributed by atoms with van der Waals surface area (Å²) in [4.78, 5) is 3.39. The van der Waals surface area contributed by atoms with E-state index in [0.29, 0.717) is 22.5 Å². The number of benzene rings is 6. The Morgan fingerprint density at radius 2 is 1.21 bits per heavy atom. The zero-order valence-electron chi connectivity index (χ0n) is 25.9. The first-order valence-corrected chi connectivity index (χ1v) is 15.4. The number of alkyl halides is 3.